The van der Waals surface area contributed by atoms with Crippen molar-refractivity contribution in [1.29, 1.82) is 0 Å². The number of hydrogen-bond donors (Lipinski definition) is 1. The second-order valence-corrected chi connectivity index (χ2v) is 19.2. The van der Waals surface area contributed by atoms with Crippen molar-refractivity contribution < 1.29 is 52.4 Å². The maximum atomic E-state index is 17.2. The second kappa shape index (κ2) is 17.4. The van der Waals surface area contributed by atoms with Crippen molar-refractivity contribution in [2.75, 3.05) is 20.7 Å². The standard InChI is InChI=1S/C45H66FN5O10/c1-13-33-45(10)36-26(3)34(52)29(28-16-17-47-22-30(28)31-23-50(24-48-31)18-14-15-19-51(36)41(56)61-45)21-43(8,57-12)38(27(4)37(54)44(9,46)40(55)59-33)60-39-35(53)32(20-25(2)58-39)49(11)42(5,6)7/h16-17,22-27,29,32-33,35-36,38-39,53H,13-15,18-21H2,1-12H3/t25-,26+,27+,29+,32+,33-,35-,36-,38-,39+,43-,44+,45-/m1/s1. The summed E-state index contributed by atoms with van der Waals surface area (Å²) in [4.78, 5) is 71.2. The van der Waals surface area contributed by atoms with E-state index >= 15 is 9.18 Å². The van der Waals surface area contributed by atoms with E-state index in [2.05, 4.69) is 4.98 Å². The van der Waals surface area contributed by atoms with Crippen LogP contribution in [0, 0.1) is 11.8 Å². The van der Waals surface area contributed by atoms with E-state index in [1.807, 2.05) is 50.4 Å². The number of aliphatic hydroxyl groups is 1. The molecule has 16 heteroatoms. The Morgan fingerprint density at radius 2 is 1.75 bits per heavy atom. The van der Waals surface area contributed by atoms with Crippen LogP contribution in [0.4, 0.5) is 9.18 Å². The van der Waals surface area contributed by atoms with Gasteiger partial charge in [-0.15, -0.1) is 0 Å². The first-order valence-corrected chi connectivity index (χ1v) is 21.7. The molecule has 0 saturated carbocycles. The Hall–Kier alpha value is -3.83. The number of likely N-dealkylation sites (N-methyl/N-ethyl adjacent to an activating group) is 1. The number of amides is 1. The summed E-state index contributed by atoms with van der Waals surface area (Å²) >= 11 is 0. The van der Waals surface area contributed by atoms with Crippen molar-refractivity contribution in [2.45, 2.75) is 179 Å². The number of aliphatic hydroxyl groups excluding tert-OH is 1. The number of nitrogens with zero attached hydrogens (tertiary/aromatic N) is 5. The number of esters is 1. The van der Waals surface area contributed by atoms with Gasteiger partial charge in [0.05, 0.1) is 35.9 Å². The fourth-order valence-electron chi connectivity index (χ4n) is 10.1. The number of halogens is 1. The van der Waals surface area contributed by atoms with Gasteiger partial charge in [0.1, 0.15) is 18.0 Å². The molecule has 1 amide bonds. The van der Waals surface area contributed by atoms with Crippen molar-refractivity contribution in [1.82, 2.24) is 24.3 Å². The zero-order valence-electron chi connectivity index (χ0n) is 37.8. The number of aromatic nitrogens is 3. The maximum Gasteiger partial charge on any atom is 0.410 e. The van der Waals surface area contributed by atoms with E-state index in [1.165, 1.54) is 18.9 Å². The summed E-state index contributed by atoms with van der Waals surface area (Å²) in [5, 5.41) is 12.0. The van der Waals surface area contributed by atoms with Crippen molar-refractivity contribution in [3.8, 4) is 11.3 Å². The van der Waals surface area contributed by atoms with Gasteiger partial charge in [0.2, 0.25) is 0 Å². The van der Waals surface area contributed by atoms with Gasteiger partial charge in [0.25, 0.3) is 5.67 Å². The number of alkyl halides is 1. The molecule has 0 aliphatic carbocycles. The van der Waals surface area contributed by atoms with Gasteiger partial charge in [-0.2, -0.15) is 0 Å². The lowest BCUT2D eigenvalue weighted by molar-refractivity contribution is -0.298. The third-order valence-corrected chi connectivity index (χ3v) is 14.0. The van der Waals surface area contributed by atoms with Crippen LogP contribution in [0.2, 0.25) is 0 Å². The number of pyridine rings is 1. The number of ketones is 2. The zero-order chi connectivity index (χ0) is 45.0. The Bertz CT molecular complexity index is 1950. The molecular weight excluding hydrogens is 790 g/mol. The predicted molar refractivity (Wildman–Crippen MR) is 222 cm³/mol. The summed E-state index contributed by atoms with van der Waals surface area (Å²) in [5.74, 6) is -6.35. The molecule has 338 valence electrons. The molecule has 0 aromatic carbocycles. The van der Waals surface area contributed by atoms with Crippen LogP contribution in [0.5, 0.6) is 0 Å². The van der Waals surface area contributed by atoms with Crippen LogP contribution in [0.3, 0.4) is 0 Å². The monoisotopic (exact) mass is 855 g/mol. The van der Waals surface area contributed by atoms with E-state index in [0.717, 1.165) is 6.92 Å². The van der Waals surface area contributed by atoms with Crippen molar-refractivity contribution >= 4 is 23.6 Å². The highest BCUT2D eigenvalue weighted by Gasteiger charge is 2.62. The lowest BCUT2D eigenvalue weighted by atomic mass is 9.70. The number of methoxy groups -OCH3 is 1. The van der Waals surface area contributed by atoms with Gasteiger partial charge in [-0.3, -0.25) is 19.5 Å². The van der Waals surface area contributed by atoms with Crippen molar-refractivity contribution in [2.24, 2.45) is 11.8 Å². The second-order valence-electron chi connectivity index (χ2n) is 19.2. The summed E-state index contributed by atoms with van der Waals surface area (Å²) in [5.41, 5.74) is -5.07. The van der Waals surface area contributed by atoms with Gasteiger partial charge < -0.3 is 38.3 Å². The van der Waals surface area contributed by atoms with E-state index < -0.39 is 95.3 Å². The number of carbonyl (C=O) groups excluding carboxylic acids is 4. The van der Waals surface area contributed by atoms with Crippen LogP contribution in [0.1, 0.15) is 113 Å². The van der Waals surface area contributed by atoms with Gasteiger partial charge in [0, 0.05) is 73.7 Å². The summed E-state index contributed by atoms with van der Waals surface area (Å²) < 4.78 is 50.7. The molecule has 13 atom stereocenters. The first kappa shape index (κ1) is 46.7. The van der Waals surface area contributed by atoms with E-state index in [4.69, 9.17) is 28.7 Å². The summed E-state index contributed by atoms with van der Waals surface area (Å²) in [6, 6.07) is 0.348. The minimum absolute atomic E-state index is 0.0751. The number of Topliss-reactive ketones (excluding diaryl/α,β-unsaturated/α-hetero) is 2. The first-order valence-electron chi connectivity index (χ1n) is 21.7. The molecule has 3 fully saturated rings. The molecule has 1 N–H and O–H groups in total. The lowest BCUT2D eigenvalue weighted by Gasteiger charge is -2.49. The Morgan fingerprint density at radius 1 is 1.07 bits per heavy atom. The highest BCUT2D eigenvalue weighted by atomic mass is 19.1. The molecule has 2 aromatic rings. The summed E-state index contributed by atoms with van der Waals surface area (Å²) in [7, 11) is 3.32. The molecule has 0 spiro atoms. The molecule has 4 aliphatic heterocycles. The van der Waals surface area contributed by atoms with Gasteiger partial charge in [-0.25, -0.2) is 19.0 Å². The summed E-state index contributed by atoms with van der Waals surface area (Å²) in [6.07, 6.45) is 2.16. The fourth-order valence-corrected chi connectivity index (χ4v) is 10.1. The highest BCUT2D eigenvalue weighted by molar-refractivity contribution is 6.08. The highest BCUT2D eigenvalue weighted by Crippen LogP contribution is 2.47. The molecule has 0 radical (unpaired) electrons. The Labute approximate surface area is 359 Å². The minimum Gasteiger partial charge on any atom is -0.455 e. The minimum atomic E-state index is -3.22. The average molecular weight is 856 g/mol. The van der Waals surface area contributed by atoms with E-state index in [-0.39, 0.29) is 30.7 Å². The van der Waals surface area contributed by atoms with Gasteiger partial charge in [-0.05, 0) is 99.2 Å². The molecule has 61 heavy (non-hydrogen) atoms. The van der Waals surface area contributed by atoms with E-state index in [1.54, 1.807) is 52.5 Å². The third-order valence-electron chi connectivity index (χ3n) is 14.0. The number of fused-ring (bicyclic) bond motifs is 7. The van der Waals surface area contributed by atoms with Crippen LogP contribution in [-0.2, 0) is 44.6 Å². The number of aryl methyl sites for hydroxylation is 1. The molecule has 6 rings (SSSR count). The predicted octanol–water partition coefficient (Wildman–Crippen LogP) is 5.65. The lowest BCUT2D eigenvalue weighted by Crippen LogP contribution is -2.63. The quantitative estimate of drug-likeness (QED) is 0.289. The Kier molecular flexibility index (Phi) is 13.3. The van der Waals surface area contributed by atoms with Crippen LogP contribution in [-0.4, -0.2) is 139 Å². The zero-order valence-corrected chi connectivity index (χ0v) is 37.8. The fraction of sp³-hybridized carbons (Fsp3) is 0.733. The van der Waals surface area contributed by atoms with Crippen LogP contribution >= 0.6 is 0 Å². The van der Waals surface area contributed by atoms with E-state index in [0.29, 0.717) is 42.6 Å². The van der Waals surface area contributed by atoms with Gasteiger partial charge in [-0.1, -0.05) is 20.8 Å². The number of hydrogen-bond acceptors (Lipinski definition) is 13. The Morgan fingerprint density at radius 3 is 2.41 bits per heavy atom. The molecule has 0 unspecified atom stereocenters. The number of ether oxygens (including phenoxy) is 5. The molecule has 15 nitrogen and oxygen atoms in total. The Balaban J connectivity index is 1.58. The number of cyclic esters (lactones) is 1. The molecule has 4 aliphatic rings. The molecular formula is C45H66FN5O10. The smallest absolute Gasteiger partial charge is 0.410 e. The number of carbonyl (C=O) groups is 4. The number of rotatable bonds is 5. The molecule has 4 bridgehead atoms. The normalized spacial score (nSPS) is 38.1. The van der Waals surface area contributed by atoms with Crippen LogP contribution in [0.25, 0.3) is 11.3 Å². The largest absolute Gasteiger partial charge is 0.455 e. The molecule has 3 saturated heterocycles. The number of imidazole rings is 1. The molecule has 6 heterocycles. The van der Waals surface area contributed by atoms with Gasteiger partial charge in [0.15, 0.2) is 17.7 Å². The maximum absolute atomic E-state index is 17.2. The van der Waals surface area contributed by atoms with Crippen molar-refractivity contribution in [3.63, 3.8) is 0 Å². The SMILES string of the molecule is CC[C@H]1OC(=O)[C@@](C)(F)C(=O)[C@H](C)[C@@H](O[C@@H]2O[C@H](C)C[C@H](N(C)C(C)(C)C)[C@H]2O)[C@](C)(OC)C[C@@H]2C(=O)[C@H](C)[C@H]3N(CCCCn4cnc(c4)-c4cnccc42)C(=O)O[C@]13C. The van der Waals surface area contributed by atoms with Crippen molar-refractivity contribution in [3.05, 3.63) is 36.5 Å². The van der Waals surface area contributed by atoms with Crippen LogP contribution in [0.15, 0.2) is 31.0 Å². The summed E-state index contributed by atoms with van der Waals surface area (Å²) in [6.45, 7) is 17.8. The third kappa shape index (κ3) is 8.63. The average Bonchev–Trinajstić information content (AvgIpc) is 3.79. The van der Waals surface area contributed by atoms with Crippen LogP contribution < -0.4 is 0 Å². The van der Waals surface area contributed by atoms with Gasteiger partial charge >= 0.3 is 12.1 Å². The molecule has 2 aromatic heterocycles. The van der Waals surface area contributed by atoms with E-state index in [9.17, 15) is 19.5 Å². The topological polar surface area (TPSA) is 172 Å². The first-order chi connectivity index (χ1) is 28.5.